The number of hydrogen-bond acceptors (Lipinski definition) is 4. The Morgan fingerprint density at radius 1 is 0.967 bits per heavy atom. The van der Waals surface area contributed by atoms with E-state index in [0.29, 0.717) is 11.3 Å². The fourth-order valence-corrected chi connectivity index (χ4v) is 2.71. The molecule has 0 N–H and O–H groups in total. The fraction of sp³-hybridized carbons (Fsp3) is 0.200. The highest BCUT2D eigenvalue weighted by Gasteiger charge is 2.11. The maximum atomic E-state index is 13.6. The molecule has 5 heteroatoms. The summed E-state index contributed by atoms with van der Waals surface area (Å²) < 4.78 is 24.4. The molecule has 30 heavy (non-hydrogen) atoms. The van der Waals surface area contributed by atoms with E-state index in [2.05, 4.69) is 11.9 Å². The third-order valence-corrected chi connectivity index (χ3v) is 4.40. The number of rotatable bonds is 9. The minimum atomic E-state index is -0.620. The molecule has 0 saturated carbocycles. The summed E-state index contributed by atoms with van der Waals surface area (Å²) in [5, 5.41) is 0. The van der Waals surface area contributed by atoms with Crippen LogP contribution in [0, 0.1) is 5.82 Å². The molecule has 0 aromatic heterocycles. The van der Waals surface area contributed by atoms with Gasteiger partial charge in [-0.1, -0.05) is 31.9 Å². The van der Waals surface area contributed by atoms with Gasteiger partial charge in [-0.15, -0.1) is 0 Å². The van der Waals surface area contributed by atoms with E-state index in [0.717, 1.165) is 24.3 Å². The molecule has 0 radical (unpaired) electrons. The van der Waals surface area contributed by atoms with Gasteiger partial charge in [-0.3, -0.25) is 4.99 Å². The first-order chi connectivity index (χ1) is 14.7. The molecule has 0 amide bonds. The Morgan fingerprint density at radius 3 is 2.40 bits per heavy atom. The second-order valence-electron chi connectivity index (χ2n) is 6.75. The van der Waals surface area contributed by atoms with Crippen LogP contribution in [0.4, 0.5) is 10.1 Å². The van der Waals surface area contributed by atoms with Gasteiger partial charge < -0.3 is 9.47 Å². The monoisotopic (exact) mass is 405 g/mol. The molecule has 0 heterocycles. The quantitative estimate of drug-likeness (QED) is 0.180. The Bertz CT molecular complexity index is 982. The van der Waals surface area contributed by atoms with Gasteiger partial charge in [0.15, 0.2) is 11.6 Å². The number of esters is 1. The lowest BCUT2D eigenvalue weighted by atomic mass is 10.2. The van der Waals surface area contributed by atoms with E-state index in [-0.39, 0.29) is 5.75 Å². The minimum absolute atomic E-state index is 0.0950. The van der Waals surface area contributed by atoms with E-state index in [1.165, 1.54) is 31.0 Å². The second kappa shape index (κ2) is 10.9. The number of para-hydroxylation sites is 1. The van der Waals surface area contributed by atoms with Gasteiger partial charge in [0.25, 0.3) is 0 Å². The van der Waals surface area contributed by atoms with E-state index in [1.54, 1.807) is 36.5 Å². The lowest BCUT2D eigenvalue weighted by Crippen LogP contribution is -2.09. The van der Waals surface area contributed by atoms with Gasteiger partial charge in [0.1, 0.15) is 5.75 Å². The summed E-state index contributed by atoms with van der Waals surface area (Å²) >= 11 is 0. The van der Waals surface area contributed by atoms with Crippen LogP contribution in [0.3, 0.4) is 0 Å². The molecule has 0 atom stereocenters. The molecule has 154 valence electrons. The Hall–Kier alpha value is -3.47. The number of unbranched alkanes of at least 4 members (excludes halogenated alkanes) is 2. The number of halogens is 1. The van der Waals surface area contributed by atoms with Crippen LogP contribution in [0.15, 0.2) is 77.8 Å². The maximum Gasteiger partial charge on any atom is 0.343 e. The maximum absolute atomic E-state index is 13.6. The molecule has 0 unspecified atom stereocenters. The first-order valence-corrected chi connectivity index (χ1v) is 9.99. The zero-order valence-electron chi connectivity index (χ0n) is 16.9. The van der Waals surface area contributed by atoms with Crippen LogP contribution in [0.5, 0.6) is 11.5 Å². The first kappa shape index (κ1) is 21.2. The predicted molar refractivity (Wildman–Crippen MR) is 117 cm³/mol. The van der Waals surface area contributed by atoms with Crippen LogP contribution in [0.2, 0.25) is 0 Å². The van der Waals surface area contributed by atoms with Crippen molar-refractivity contribution in [2.45, 2.75) is 26.2 Å². The highest BCUT2D eigenvalue weighted by atomic mass is 19.1. The summed E-state index contributed by atoms with van der Waals surface area (Å²) in [6, 6.07) is 20.1. The van der Waals surface area contributed by atoms with Crippen LogP contribution in [0.25, 0.3) is 0 Å². The van der Waals surface area contributed by atoms with Gasteiger partial charge >= 0.3 is 5.97 Å². The summed E-state index contributed by atoms with van der Waals surface area (Å²) in [7, 11) is 0. The van der Waals surface area contributed by atoms with Crippen molar-refractivity contribution in [3.8, 4) is 11.5 Å². The summed E-state index contributed by atoms with van der Waals surface area (Å²) in [6.45, 7) is 2.89. The van der Waals surface area contributed by atoms with Crippen LogP contribution in [0.1, 0.15) is 42.1 Å². The van der Waals surface area contributed by atoms with Crippen molar-refractivity contribution in [3.05, 3.63) is 89.7 Å². The normalized spacial score (nSPS) is 10.9. The zero-order valence-corrected chi connectivity index (χ0v) is 16.9. The Balaban J connectivity index is 1.55. The summed E-state index contributed by atoms with van der Waals surface area (Å²) in [6.07, 6.45) is 5.15. The Kier molecular flexibility index (Phi) is 7.72. The van der Waals surface area contributed by atoms with Crippen LogP contribution >= 0.6 is 0 Å². The van der Waals surface area contributed by atoms with Crippen LogP contribution in [-0.4, -0.2) is 18.8 Å². The molecule has 0 fully saturated rings. The van der Waals surface area contributed by atoms with Crippen LogP contribution in [-0.2, 0) is 0 Å². The van der Waals surface area contributed by atoms with Gasteiger partial charge in [0.05, 0.1) is 17.9 Å². The summed E-state index contributed by atoms with van der Waals surface area (Å²) in [5.74, 6) is -0.446. The van der Waals surface area contributed by atoms with E-state index in [9.17, 15) is 9.18 Å². The fourth-order valence-electron chi connectivity index (χ4n) is 2.71. The molecule has 0 aliphatic carbocycles. The van der Waals surface area contributed by atoms with Crippen molar-refractivity contribution in [2.24, 2.45) is 4.99 Å². The molecule has 0 aliphatic heterocycles. The SMILES string of the molecule is CCCCCOc1ccc(C=Nc2ccc(C(=O)Oc3ccccc3F)cc2)cc1. The number of ether oxygens (including phenoxy) is 2. The van der Waals surface area contributed by atoms with Crippen molar-refractivity contribution in [3.63, 3.8) is 0 Å². The van der Waals surface area contributed by atoms with E-state index < -0.39 is 11.8 Å². The standard InChI is InChI=1S/C25H24FNO3/c1-2-3-6-17-29-22-15-9-19(10-16-22)18-27-21-13-11-20(12-14-21)25(28)30-24-8-5-4-7-23(24)26/h4-5,7-16,18H,2-3,6,17H2,1H3. The lowest BCUT2D eigenvalue weighted by molar-refractivity contribution is 0.0728. The summed E-state index contributed by atoms with van der Waals surface area (Å²) in [5.41, 5.74) is 1.96. The van der Waals surface area contributed by atoms with Gasteiger partial charge in [0, 0.05) is 6.21 Å². The highest BCUT2D eigenvalue weighted by molar-refractivity contribution is 5.91. The number of carbonyl (C=O) groups excluding carboxylic acids is 1. The molecule has 0 saturated heterocycles. The third-order valence-electron chi connectivity index (χ3n) is 4.40. The first-order valence-electron chi connectivity index (χ1n) is 9.99. The molecule has 0 spiro atoms. The third kappa shape index (κ3) is 6.27. The topological polar surface area (TPSA) is 47.9 Å². The predicted octanol–water partition coefficient (Wildman–Crippen LogP) is 6.36. The largest absolute Gasteiger partial charge is 0.494 e. The Labute approximate surface area is 176 Å². The van der Waals surface area contributed by atoms with Crippen molar-refractivity contribution >= 4 is 17.9 Å². The smallest absolute Gasteiger partial charge is 0.343 e. The molecule has 3 rings (SSSR count). The van der Waals surface area contributed by atoms with Crippen molar-refractivity contribution in [1.82, 2.24) is 0 Å². The van der Waals surface area contributed by atoms with Gasteiger partial charge in [-0.05, 0) is 72.6 Å². The molecular weight excluding hydrogens is 381 g/mol. The number of aliphatic imine (C=N–C) groups is 1. The Morgan fingerprint density at radius 2 is 1.70 bits per heavy atom. The molecule has 3 aromatic carbocycles. The van der Waals surface area contributed by atoms with Crippen molar-refractivity contribution < 1.29 is 18.7 Å². The van der Waals surface area contributed by atoms with Gasteiger partial charge in [0.2, 0.25) is 0 Å². The molecular formula is C25H24FNO3. The van der Waals surface area contributed by atoms with E-state index in [4.69, 9.17) is 9.47 Å². The molecule has 0 aliphatic rings. The van der Waals surface area contributed by atoms with Crippen molar-refractivity contribution in [2.75, 3.05) is 6.61 Å². The number of hydrogen-bond donors (Lipinski definition) is 0. The average Bonchev–Trinajstić information content (AvgIpc) is 2.78. The number of carbonyl (C=O) groups is 1. The highest BCUT2D eigenvalue weighted by Crippen LogP contribution is 2.19. The van der Waals surface area contributed by atoms with Gasteiger partial charge in [-0.2, -0.15) is 0 Å². The molecule has 0 bridgehead atoms. The van der Waals surface area contributed by atoms with Crippen molar-refractivity contribution in [1.29, 1.82) is 0 Å². The summed E-state index contributed by atoms with van der Waals surface area (Å²) in [4.78, 5) is 16.6. The number of benzene rings is 3. The van der Waals surface area contributed by atoms with Gasteiger partial charge in [-0.25, -0.2) is 9.18 Å². The van der Waals surface area contributed by atoms with E-state index in [1.807, 2.05) is 24.3 Å². The number of nitrogens with zero attached hydrogens (tertiary/aromatic N) is 1. The van der Waals surface area contributed by atoms with Crippen LogP contribution < -0.4 is 9.47 Å². The minimum Gasteiger partial charge on any atom is -0.494 e. The lowest BCUT2D eigenvalue weighted by Gasteiger charge is -2.06. The van der Waals surface area contributed by atoms with E-state index >= 15 is 0 Å². The average molecular weight is 405 g/mol. The molecule has 3 aromatic rings. The molecule has 4 nitrogen and oxygen atoms in total. The second-order valence-corrected chi connectivity index (χ2v) is 6.75. The zero-order chi connectivity index (χ0) is 21.2.